The van der Waals surface area contributed by atoms with Crippen LogP contribution in [0.25, 0.3) is 0 Å². The molecule has 0 radical (unpaired) electrons. The van der Waals surface area contributed by atoms with Crippen LogP contribution in [0, 0.1) is 28.6 Å². The molecule has 4 unspecified atom stereocenters. The van der Waals surface area contributed by atoms with Gasteiger partial charge in [-0.25, -0.2) is 0 Å². The molecule has 3 aliphatic rings. The minimum Gasteiger partial charge on any atom is -0.392 e. The molecule has 3 nitrogen and oxygen atoms in total. The Hall–Kier alpha value is -1.22. The number of carbonyl (C=O) groups is 2. The molecule has 0 saturated heterocycles. The van der Waals surface area contributed by atoms with E-state index in [1.165, 1.54) is 0 Å². The smallest absolute Gasteiger partial charge is 0.169 e. The molecule has 0 bridgehead atoms. The molecule has 0 amide bonds. The van der Waals surface area contributed by atoms with Crippen molar-refractivity contribution in [3.8, 4) is 0 Å². The molecule has 4 atom stereocenters. The molecular formula is C20H28O3. The number of Topliss-reactive ketones (excluding diaryl/α,β-unsaturated/α-hetero) is 1. The molecule has 126 valence electrons. The van der Waals surface area contributed by atoms with Crippen molar-refractivity contribution in [2.75, 3.05) is 6.61 Å². The number of hydrogen-bond donors (Lipinski definition) is 1. The van der Waals surface area contributed by atoms with Gasteiger partial charge in [-0.05, 0) is 55.1 Å². The quantitative estimate of drug-likeness (QED) is 0.627. The van der Waals surface area contributed by atoms with Gasteiger partial charge in [-0.15, -0.1) is 0 Å². The van der Waals surface area contributed by atoms with E-state index in [1.807, 2.05) is 6.92 Å². The third kappa shape index (κ3) is 2.27. The SMILES string of the molecule is CC(C)C1=CC(=O)C2(C)C(=O)CC3(C)CC=C(CO)CCC3C12. The fraction of sp³-hybridized carbons (Fsp3) is 0.700. The predicted octanol–water partition coefficient (Wildman–Crippen LogP) is 3.47. The van der Waals surface area contributed by atoms with Gasteiger partial charge in [-0.1, -0.05) is 32.4 Å². The summed E-state index contributed by atoms with van der Waals surface area (Å²) in [7, 11) is 0. The van der Waals surface area contributed by atoms with E-state index in [-0.39, 0.29) is 35.4 Å². The summed E-state index contributed by atoms with van der Waals surface area (Å²) < 4.78 is 0. The maximum atomic E-state index is 13.0. The summed E-state index contributed by atoms with van der Waals surface area (Å²) >= 11 is 0. The van der Waals surface area contributed by atoms with Crippen LogP contribution in [0.4, 0.5) is 0 Å². The second-order valence-electron chi connectivity index (χ2n) is 8.47. The van der Waals surface area contributed by atoms with Crippen LogP contribution in [-0.2, 0) is 9.59 Å². The first kappa shape index (κ1) is 16.6. The number of carbonyl (C=O) groups excluding carboxylic acids is 2. The van der Waals surface area contributed by atoms with E-state index in [0.29, 0.717) is 12.3 Å². The molecule has 0 heterocycles. The Morgan fingerprint density at radius 2 is 2.00 bits per heavy atom. The Labute approximate surface area is 138 Å². The van der Waals surface area contributed by atoms with Crippen molar-refractivity contribution in [2.45, 2.75) is 53.4 Å². The maximum absolute atomic E-state index is 13.0. The summed E-state index contributed by atoms with van der Waals surface area (Å²) in [5, 5.41) is 9.51. The summed E-state index contributed by atoms with van der Waals surface area (Å²) in [6, 6.07) is 0. The summed E-state index contributed by atoms with van der Waals surface area (Å²) in [5.74, 6) is 0.768. The van der Waals surface area contributed by atoms with E-state index in [4.69, 9.17) is 0 Å². The van der Waals surface area contributed by atoms with Crippen molar-refractivity contribution in [3.05, 3.63) is 23.3 Å². The van der Waals surface area contributed by atoms with Crippen LogP contribution in [0.1, 0.15) is 53.4 Å². The van der Waals surface area contributed by atoms with Gasteiger partial charge in [0.1, 0.15) is 5.78 Å². The van der Waals surface area contributed by atoms with Crippen LogP contribution in [0.5, 0.6) is 0 Å². The van der Waals surface area contributed by atoms with Crippen LogP contribution >= 0.6 is 0 Å². The minimum atomic E-state index is -0.854. The zero-order chi connectivity index (χ0) is 17.0. The molecule has 3 aliphatic carbocycles. The lowest BCUT2D eigenvalue weighted by molar-refractivity contribution is -0.149. The average molecular weight is 316 g/mol. The van der Waals surface area contributed by atoms with E-state index in [1.54, 1.807) is 6.08 Å². The fourth-order valence-corrected chi connectivity index (χ4v) is 5.14. The molecule has 0 aromatic rings. The predicted molar refractivity (Wildman–Crippen MR) is 89.8 cm³/mol. The lowest BCUT2D eigenvalue weighted by atomic mass is 9.50. The van der Waals surface area contributed by atoms with Crippen molar-refractivity contribution in [1.29, 1.82) is 0 Å². The highest BCUT2D eigenvalue weighted by Crippen LogP contribution is 2.61. The second-order valence-corrected chi connectivity index (χ2v) is 8.47. The minimum absolute atomic E-state index is 0.0119. The van der Waals surface area contributed by atoms with Gasteiger partial charge < -0.3 is 5.11 Å². The highest BCUT2D eigenvalue weighted by atomic mass is 16.3. The van der Waals surface area contributed by atoms with Gasteiger partial charge >= 0.3 is 0 Å². The van der Waals surface area contributed by atoms with Gasteiger partial charge in [0.25, 0.3) is 0 Å². The normalized spacial score (nSPS) is 40.4. The van der Waals surface area contributed by atoms with Gasteiger partial charge in [0, 0.05) is 12.3 Å². The van der Waals surface area contributed by atoms with Crippen LogP contribution in [0.2, 0.25) is 0 Å². The van der Waals surface area contributed by atoms with Gasteiger partial charge in [0.15, 0.2) is 5.78 Å². The molecule has 1 saturated carbocycles. The summed E-state index contributed by atoms with van der Waals surface area (Å²) in [4.78, 5) is 25.7. The Morgan fingerprint density at radius 1 is 1.30 bits per heavy atom. The monoisotopic (exact) mass is 316 g/mol. The van der Waals surface area contributed by atoms with E-state index >= 15 is 0 Å². The van der Waals surface area contributed by atoms with Crippen LogP contribution < -0.4 is 0 Å². The third-order valence-electron chi connectivity index (χ3n) is 6.74. The molecular weight excluding hydrogens is 288 g/mol. The second kappa shape index (κ2) is 5.41. The van der Waals surface area contributed by atoms with Gasteiger partial charge in [0.05, 0.1) is 12.0 Å². The number of fused-ring (bicyclic) bond motifs is 3. The lowest BCUT2D eigenvalue weighted by Crippen LogP contribution is -2.53. The summed E-state index contributed by atoms with van der Waals surface area (Å²) in [6.45, 7) is 8.42. The van der Waals surface area contributed by atoms with E-state index in [2.05, 4.69) is 26.8 Å². The van der Waals surface area contributed by atoms with Gasteiger partial charge in [0.2, 0.25) is 0 Å². The molecule has 1 fully saturated rings. The molecule has 3 heteroatoms. The lowest BCUT2D eigenvalue weighted by Gasteiger charge is -2.51. The first-order valence-corrected chi connectivity index (χ1v) is 8.82. The Morgan fingerprint density at radius 3 is 2.61 bits per heavy atom. The molecule has 1 N–H and O–H groups in total. The van der Waals surface area contributed by atoms with E-state index < -0.39 is 5.41 Å². The van der Waals surface area contributed by atoms with Crippen LogP contribution in [0.15, 0.2) is 23.3 Å². The molecule has 3 rings (SSSR count). The highest BCUT2D eigenvalue weighted by Gasteiger charge is 2.62. The standard InChI is InChI=1S/C20H28O3/c1-12(2)14-9-16(22)20(4)17(23)10-19(3)8-7-13(11-21)5-6-15(19)18(14)20/h7,9,12,15,18,21H,5-6,8,10-11H2,1-4H3. The van der Waals surface area contributed by atoms with Crippen LogP contribution in [0.3, 0.4) is 0 Å². The Bertz CT molecular complexity index is 612. The first-order chi connectivity index (χ1) is 10.7. The van der Waals surface area contributed by atoms with Crippen molar-refractivity contribution in [3.63, 3.8) is 0 Å². The van der Waals surface area contributed by atoms with Crippen molar-refractivity contribution in [1.82, 2.24) is 0 Å². The van der Waals surface area contributed by atoms with E-state index in [0.717, 1.165) is 30.4 Å². The molecule has 0 spiro atoms. The number of aliphatic hydroxyl groups is 1. The first-order valence-electron chi connectivity index (χ1n) is 8.82. The number of rotatable bonds is 2. The summed E-state index contributed by atoms with van der Waals surface area (Å²) in [6.07, 6.45) is 7.02. The molecule has 0 aromatic carbocycles. The number of allylic oxidation sites excluding steroid dienone is 3. The number of aliphatic hydroxyl groups excluding tert-OH is 1. The largest absolute Gasteiger partial charge is 0.392 e. The maximum Gasteiger partial charge on any atom is 0.169 e. The van der Waals surface area contributed by atoms with Crippen molar-refractivity contribution in [2.24, 2.45) is 28.6 Å². The molecule has 0 aliphatic heterocycles. The number of hydrogen-bond acceptors (Lipinski definition) is 3. The van der Waals surface area contributed by atoms with Gasteiger partial charge in [-0.3, -0.25) is 9.59 Å². The zero-order valence-corrected chi connectivity index (χ0v) is 14.7. The highest BCUT2D eigenvalue weighted by molar-refractivity contribution is 6.15. The number of ketones is 2. The van der Waals surface area contributed by atoms with Gasteiger partial charge in [-0.2, -0.15) is 0 Å². The van der Waals surface area contributed by atoms with Crippen molar-refractivity contribution < 1.29 is 14.7 Å². The van der Waals surface area contributed by atoms with E-state index in [9.17, 15) is 14.7 Å². The Balaban J connectivity index is 2.07. The third-order valence-corrected chi connectivity index (χ3v) is 6.74. The topological polar surface area (TPSA) is 54.4 Å². The zero-order valence-electron chi connectivity index (χ0n) is 14.7. The van der Waals surface area contributed by atoms with Crippen LogP contribution in [-0.4, -0.2) is 23.3 Å². The average Bonchev–Trinajstić information content (AvgIpc) is 2.65. The van der Waals surface area contributed by atoms with Crippen molar-refractivity contribution >= 4 is 11.6 Å². The molecule has 0 aromatic heterocycles. The fourth-order valence-electron chi connectivity index (χ4n) is 5.14. The Kier molecular flexibility index (Phi) is 3.91. The summed E-state index contributed by atoms with van der Waals surface area (Å²) in [5.41, 5.74) is 1.29. The molecule has 23 heavy (non-hydrogen) atoms.